The van der Waals surface area contributed by atoms with Gasteiger partial charge in [0.15, 0.2) is 0 Å². The molecule has 0 amide bonds. The van der Waals surface area contributed by atoms with Gasteiger partial charge in [-0.1, -0.05) is 103 Å². The van der Waals surface area contributed by atoms with E-state index in [0.29, 0.717) is 0 Å². The summed E-state index contributed by atoms with van der Waals surface area (Å²) in [5, 5.41) is 4.80. The van der Waals surface area contributed by atoms with Crippen LogP contribution in [0.15, 0.2) is 152 Å². The number of fused-ring (bicyclic) bond motifs is 3. The van der Waals surface area contributed by atoms with Crippen molar-refractivity contribution in [1.82, 2.24) is 14.5 Å². The molecule has 8 rings (SSSR count). The van der Waals surface area contributed by atoms with Gasteiger partial charge < -0.3 is 0 Å². The van der Waals surface area contributed by atoms with Gasteiger partial charge in [0, 0.05) is 23.6 Å². The van der Waals surface area contributed by atoms with E-state index in [-0.39, 0.29) is 0 Å². The Hall–Kier alpha value is -5.54. The molecule has 0 saturated heterocycles. The van der Waals surface area contributed by atoms with Crippen LogP contribution in [0.4, 0.5) is 0 Å². The zero-order valence-electron chi connectivity index (χ0n) is 22.3. The molecule has 3 heteroatoms. The van der Waals surface area contributed by atoms with Crippen molar-refractivity contribution < 1.29 is 0 Å². The van der Waals surface area contributed by atoms with Gasteiger partial charge in [-0.2, -0.15) is 0 Å². The van der Waals surface area contributed by atoms with E-state index < -0.39 is 0 Å². The average Bonchev–Trinajstić information content (AvgIpc) is 3.43. The predicted molar refractivity (Wildman–Crippen MR) is 170 cm³/mol. The Balaban J connectivity index is 1.44. The molecule has 0 aliphatic rings. The first kappa shape index (κ1) is 23.4. The Morgan fingerprint density at radius 1 is 0.415 bits per heavy atom. The molecule has 0 aliphatic carbocycles. The fourth-order valence-electron chi connectivity index (χ4n) is 6.09. The number of hydrogen-bond donors (Lipinski definition) is 0. The summed E-state index contributed by atoms with van der Waals surface area (Å²) in [4.78, 5) is 9.43. The summed E-state index contributed by atoms with van der Waals surface area (Å²) in [6.45, 7) is 0. The van der Waals surface area contributed by atoms with Crippen molar-refractivity contribution in [2.45, 2.75) is 0 Å². The molecule has 0 spiro atoms. The Labute approximate surface area is 238 Å². The fraction of sp³-hybridized carbons (Fsp3) is 0. The standard InChI is InChI=1S/C38H25N3/c1-2-10-29(11-3-1)41-35-17-9-8-16-34(35)40-38(41)37-32-14-6-4-12-30(32)36(31-13-5-7-15-33(31)37)28-20-18-26(19-21-28)27-22-24-39-25-23-27/h1-25H. The average molecular weight is 524 g/mol. The summed E-state index contributed by atoms with van der Waals surface area (Å²) in [6, 6.07) is 49.4. The molecule has 0 bridgehead atoms. The first-order valence-electron chi connectivity index (χ1n) is 13.8. The van der Waals surface area contributed by atoms with Crippen LogP contribution < -0.4 is 0 Å². The smallest absolute Gasteiger partial charge is 0.146 e. The highest BCUT2D eigenvalue weighted by molar-refractivity contribution is 6.21. The minimum atomic E-state index is 0.949. The van der Waals surface area contributed by atoms with E-state index >= 15 is 0 Å². The van der Waals surface area contributed by atoms with Crippen LogP contribution in [0, 0.1) is 0 Å². The Kier molecular flexibility index (Phi) is 5.46. The van der Waals surface area contributed by atoms with Gasteiger partial charge in [0.05, 0.1) is 11.0 Å². The third-order valence-electron chi connectivity index (χ3n) is 7.92. The molecule has 6 aromatic carbocycles. The van der Waals surface area contributed by atoms with Crippen LogP contribution >= 0.6 is 0 Å². The van der Waals surface area contributed by atoms with Crippen molar-refractivity contribution in [3.05, 3.63) is 152 Å². The number of nitrogens with zero attached hydrogens (tertiary/aromatic N) is 3. The Morgan fingerprint density at radius 2 is 0.927 bits per heavy atom. The molecule has 8 aromatic rings. The highest BCUT2D eigenvalue weighted by Crippen LogP contribution is 2.44. The van der Waals surface area contributed by atoms with Crippen molar-refractivity contribution in [2.24, 2.45) is 0 Å². The van der Waals surface area contributed by atoms with Gasteiger partial charge in [-0.05, 0) is 80.2 Å². The number of rotatable bonds is 4. The van der Waals surface area contributed by atoms with E-state index in [1.165, 1.54) is 38.2 Å². The van der Waals surface area contributed by atoms with E-state index in [9.17, 15) is 0 Å². The molecule has 0 unspecified atom stereocenters. The summed E-state index contributed by atoms with van der Waals surface area (Å²) < 4.78 is 2.30. The van der Waals surface area contributed by atoms with E-state index in [4.69, 9.17) is 4.98 Å². The molecule has 192 valence electrons. The first-order valence-corrected chi connectivity index (χ1v) is 13.8. The zero-order chi connectivity index (χ0) is 27.2. The lowest BCUT2D eigenvalue weighted by atomic mass is 9.87. The van der Waals surface area contributed by atoms with Crippen LogP contribution in [-0.4, -0.2) is 14.5 Å². The molecule has 0 radical (unpaired) electrons. The number of benzene rings is 6. The lowest BCUT2D eigenvalue weighted by molar-refractivity contribution is 1.11. The third-order valence-corrected chi connectivity index (χ3v) is 7.92. The molecule has 41 heavy (non-hydrogen) atoms. The van der Waals surface area contributed by atoms with Gasteiger partial charge in [0.2, 0.25) is 0 Å². The topological polar surface area (TPSA) is 30.7 Å². The molecule has 2 heterocycles. The SMILES string of the molecule is c1ccc(-n2c(-c3c4ccccc4c(-c4ccc(-c5ccncc5)cc4)c4ccccc34)nc3ccccc32)cc1. The number of imidazole rings is 1. The summed E-state index contributed by atoms with van der Waals surface area (Å²) in [6.07, 6.45) is 3.68. The molecule has 0 saturated carbocycles. The van der Waals surface area contributed by atoms with Crippen molar-refractivity contribution in [3.63, 3.8) is 0 Å². The van der Waals surface area contributed by atoms with Gasteiger partial charge in [-0.25, -0.2) is 4.98 Å². The van der Waals surface area contributed by atoms with Crippen molar-refractivity contribution >= 4 is 32.6 Å². The first-order chi connectivity index (χ1) is 20.4. The van der Waals surface area contributed by atoms with E-state index in [1.54, 1.807) is 0 Å². The third kappa shape index (κ3) is 3.82. The maximum absolute atomic E-state index is 5.27. The van der Waals surface area contributed by atoms with E-state index in [1.807, 2.05) is 24.5 Å². The molecule has 0 fully saturated rings. The molecule has 0 atom stereocenters. The maximum atomic E-state index is 5.27. The van der Waals surface area contributed by atoms with Gasteiger partial charge in [0.1, 0.15) is 5.82 Å². The summed E-state index contributed by atoms with van der Waals surface area (Å²) in [7, 11) is 0. The van der Waals surface area contributed by atoms with Crippen LogP contribution in [-0.2, 0) is 0 Å². The largest absolute Gasteiger partial charge is 0.292 e. The second-order valence-corrected chi connectivity index (χ2v) is 10.2. The molecule has 0 N–H and O–H groups in total. The quantitative estimate of drug-likeness (QED) is 0.215. The number of pyridine rings is 1. The van der Waals surface area contributed by atoms with Gasteiger partial charge in [-0.15, -0.1) is 0 Å². The molecule has 3 nitrogen and oxygen atoms in total. The monoisotopic (exact) mass is 523 g/mol. The van der Waals surface area contributed by atoms with Gasteiger partial charge in [0.25, 0.3) is 0 Å². The molecular weight excluding hydrogens is 498 g/mol. The van der Waals surface area contributed by atoms with Crippen molar-refractivity contribution in [3.8, 4) is 39.3 Å². The highest BCUT2D eigenvalue weighted by Gasteiger charge is 2.21. The summed E-state index contributed by atoms with van der Waals surface area (Å²) in [5.74, 6) is 0.949. The van der Waals surface area contributed by atoms with Crippen LogP contribution in [0.1, 0.15) is 0 Å². The molecule has 0 aliphatic heterocycles. The maximum Gasteiger partial charge on any atom is 0.146 e. The summed E-state index contributed by atoms with van der Waals surface area (Å²) >= 11 is 0. The normalized spacial score (nSPS) is 11.4. The highest BCUT2D eigenvalue weighted by atomic mass is 15.1. The van der Waals surface area contributed by atoms with Crippen LogP contribution in [0.2, 0.25) is 0 Å². The second kappa shape index (κ2) is 9.58. The van der Waals surface area contributed by atoms with E-state index in [0.717, 1.165) is 33.7 Å². The van der Waals surface area contributed by atoms with Crippen molar-refractivity contribution in [2.75, 3.05) is 0 Å². The van der Waals surface area contributed by atoms with E-state index in [2.05, 4.69) is 137 Å². The van der Waals surface area contributed by atoms with Gasteiger partial charge in [-0.3, -0.25) is 9.55 Å². The van der Waals surface area contributed by atoms with Crippen LogP contribution in [0.25, 0.3) is 71.9 Å². The molecule has 2 aromatic heterocycles. The number of aromatic nitrogens is 3. The van der Waals surface area contributed by atoms with Gasteiger partial charge >= 0.3 is 0 Å². The lowest BCUT2D eigenvalue weighted by Crippen LogP contribution is -1.99. The zero-order valence-corrected chi connectivity index (χ0v) is 22.3. The van der Waals surface area contributed by atoms with Crippen LogP contribution in [0.5, 0.6) is 0 Å². The minimum absolute atomic E-state index is 0.949. The number of hydrogen-bond acceptors (Lipinski definition) is 2. The minimum Gasteiger partial charge on any atom is -0.292 e. The Morgan fingerprint density at radius 3 is 1.59 bits per heavy atom. The lowest BCUT2D eigenvalue weighted by Gasteiger charge is -2.18. The second-order valence-electron chi connectivity index (χ2n) is 10.2. The predicted octanol–water partition coefficient (Wildman–Crippen LogP) is 9.73. The van der Waals surface area contributed by atoms with Crippen molar-refractivity contribution in [1.29, 1.82) is 0 Å². The molecular formula is C38H25N3. The Bertz CT molecular complexity index is 2120. The fourth-order valence-corrected chi connectivity index (χ4v) is 6.09. The number of para-hydroxylation sites is 3. The van der Waals surface area contributed by atoms with Crippen LogP contribution in [0.3, 0.4) is 0 Å². The summed E-state index contributed by atoms with van der Waals surface area (Å²) in [5.41, 5.74) is 9.10.